The summed E-state index contributed by atoms with van der Waals surface area (Å²) in [5, 5.41) is 10.9. The number of carbonyl (C=O) groups is 1. The highest BCUT2D eigenvalue weighted by atomic mass is 16.6. The molecule has 3 aromatic carbocycles. The molecule has 0 aliphatic rings. The second-order valence-electron chi connectivity index (χ2n) is 9.27. The molecule has 0 saturated carbocycles. The molecule has 0 amide bonds. The van der Waals surface area contributed by atoms with Crippen molar-refractivity contribution in [2.75, 3.05) is 0 Å². The van der Waals surface area contributed by atoms with E-state index in [2.05, 4.69) is 72.5 Å². The van der Waals surface area contributed by atoms with Gasteiger partial charge in [0.1, 0.15) is 6.10 Å². The number of benzene rings is 3. The third-order valence-electron chi connectivity index (χ3n) is 6.13. The van der Waals surface area contributed by atoms with Gasteiger partial charge in [0.05, 0.1) is 10.5 Å². The van der Waals surface area contributed by atoms with E-state index in [0.717, 1.165) is 13.1 Å². The van der Waals surface area contributed by atoms with E-state index in [9.17, 15) is 14.9 Å². The maximum absolute atomic E-state index is 12.6. The minimum atomic E-state index is -0.489. The van der Waals surface area contributed by atoms with Gasteiger partial charge in [-0.3, -0.25) is 15.0 Å². The highest BCUT2D eigenvalue weighted by Crippen LogP contribution is 2.19. The maximum Gasteiger partial charge on any atom is 0.338 e. The van der Waals surface area contributed by atoms with Gasteiger partial charge in [-0.25, -0.2) is 4.79 Å². The van der Waals surface area contributed by atoms with Crippen molar-refractivity contribution < 1.29 is 14.5 Å². The van der Waals surface area contributed by atoms with Crippen LogP contribution >= 0.6 is 0 Å². The van der Waals surface area contributed by atoms with Crippen molar-refractivity contribution in [2.45, 2.75) is 52.4 Å². The SMILES string of the molecule is CC(C)[C@@H](C/C=C\[C@H](C)N(Cc1ccccc1)Cc1ccccc1)OC(=O)c1ccc([N+](=O)[O-])cc1. The predicted molar refractivity (Wildman–Crippen MR) is 142 cm³/mol. The second kappa shape index (κ2) is 13.4. The van der Waals surface area contributed by atoms with Crippen molar-refractivity contribution >= 4 is 11.7 Å². The molecule has 36 heavy (non-hydrogen) atoms. The van der Waals surface area contributed by atoms with Crippen LogP contribution in [0, 0.1) is 16.0 Å². The van der Waals surface area contributed by atoms with E-state index >= 15 is 0 Å². The fraction of sp³-hybridized carbons (Fsp3) is 0.300. The number of nitro groups is 1. The zero-order chi connectivity index (χ0) is 25.9. The maximum atomic E-state index is 12.6. The van der Waals surface area contributed by atoms with Gasteiger partial charge in [0.25, 0.3) is 5.69 Å². The van der Waals surface area contributed by atoms with E-state index in [1.165, 1.54) is 35.4 Å². The fourth-order valence-electron chi connectivity index (χ4n) is 3.89. The minimum absolute atomic E-state index is 0.0561. The van der Waals surface area contributed by atoms with E-state index in [1.54, 1.807) is 0 Å². The number of hydrogen-bond donors (Lipinski definition) is 0. The molecule has 3 rings (SSSR count). The molecule has 188 valence electrons. The Morgan fingerprint density at radius 1 is 0.889 bits per heavy atom. The summed E-state index contributed by atoms with van der Waals surface area (Å²) in [5.41, 5.74) is 2.76. The molecule has 0 aliphatic carbocycles. The lowest BCUT2D eigenvalue weighted by molar-refractivity contribution is -0.384. The van der Waals surface area contributed by atoms with Crippen LogP contribution in [0.2, 0.25) is 0 Å². The topological polar surface area (TPSA) is 72.7 Å². The number of carbonyl (C=O) groups excluding carboxylic acids is 1. The Labute approximate surface area is 213 Å². The van der Waals surface area contributed by atoms with Gasteiger partial charge in [0.2, 0.25) is 0 Å². The molecule has 3 aromatic rings. The number of esters is 1. The molecule has 0 spiro atoms. The molecule has 0 fully saturated rings. The van der Waals surface area contributed by atoms with E-state index in [4.69, 9.17) is 4.74 Å². The first-order chi connectivity index (χ1) is 17.3. The van der Waals surface area contributed by atoms with Gasteiger partial charge < -0.3 is 4.74 Å². The van der Waals surface area contributed by atoms with Gasteiger partial charge in [-0.2, -0.15) is 0 Å². The molecule has 0 N–H and O–H groups in total. The summed E-state index contributed by atoms with van der Waals surface area (Å²) in [5.74, 6) is -0.350. The summed E-state index contributed by atoms with van der Waals surface area (Å²) in [7, 11) is 0. The lowest BCUT2D eigenvalue weighted by atomic mass is 10.0. The van der Waals surface area contributed by atoms with E-state index < -0.39 is 10.9 Å². The van der Waals surface area contributed by atoms with E-state index in [1.807, 2.05) is 26.0 Å². The lowest BCUT2D eigenvalue weighted by Gasteiger charge is -2.28. The van der Waals surface area contributed by atoms with E-state index in [-0.39, 0.29) is 23.8 Å². The van der Waals surface area contributed by atoms with Crippen LogP contribution in [0.15, 0.2) is 97.1 Å². The zero-order valence-corrected chi connectivity index (χ0v) is 21.1. The predicted octanol–water partition coefficient (Wildman–Crippen LogP) is 6.81. The Morgan fingerprint density at radius 3 is 1.89 bits per heavy atom. The number of hydrogen-bond acceptors (Lipinski definition) is 5. The van der Waals surface area contributed by atoms with Crippen LogP contribution in [0.4, 0.5) is 5.69 Å². The van der Waals surface area contributed by atoms with Gasteiger partial charge in [0.15, 0.2) is 0 Å². The number of rotatable bonds is 12. The van der Waals surface area contributed by atoms with Crippen molar-refractivity contribution in [3.8, 4) is 0 Å². The summed E-state index contributed by atoms with van der Waals surface area (Å²) in [6, 6.07) is 26.5. The van der Waals surface area contributed by atoms with Gasteiger partial charge in [-0.15, -0.1) is 0 Å². The standard InChI is InChI=1S/C30H34N2O4/c1-23(2)29(36-30(33)27-17-19-28(20-18-27)32(34)35)16-10-11-24(3)31(21-25-12-6-4-7-13-25)22-26-14-8-5-9-15-26/h4-15,17-20,23-24,29H,16,21-22H2,1-3H3/b11-10-/t24-,29+/m0/s1. The Hall–Kier alpha value is -3.77. The summed E-state index contributed by atoms with van der Waals surface area (Å²) in [6.45, 7) is 7.86. The highest BCUT2D eigenvalue weighted by Gasteiger charge is 2.20. The average molecular weight is 487 g/mol. The quantitative estimate of drug-likeness (QED) is 0.122. The second-order valence-corrected chi connectivity index (χ2v) is 9.27. The average Bonchev–Trinajstić information content (AvgIpc) is 2.88. The van der Waals surface area contributed by atoms with Crippen LogP contribution in [0.5, 0.6) is 0 Å². The molecule has 2 atom stereocenters. The third kappa shape index (κ3) is 8.17. The van der Waals surface area contributed by atoms with Crippen LogP contribution in [0.25, 0.3) is 0 Å². The number of non-ortho nitro benzene ring substituents is 1. The van der Waals surface area contributed by atoms with Crippen LogP contribution < -0.4 is 0 Å². The minimum Gasteiger partial charge on any atom is -0.458 e. The third-order valence-corrected chi connectivity index (χ3v) is 6.13. The zero-order valence-electron chi connectivity index (χ0n) is 21.1. The molecule has 0 radical (unpaired) electrons. The van der Waals surface area contributed by atoms with Gasteiger partial charge >= 0.3 is 5.97 Å². The number of nitrogens with zero attached hydrogens (tertiary/aromatic N) is 2. The van der Waals surface area contributed by atoms with Gasteiger partial charge in [-0.1, -0.05) is 86.7 Å². The smallest absolute Gasteiger partial charge is 0.338 e. The van der Waals surface area contributed by atoms with Crippen LogP contribution in [-0.4, -0.2) is 27.9 Å². The molecular weight excluding hydrogens is 452 g/mol. The van der Waals surface area contributed by atoms with Crippen molar-refractivity contribution in [3.05, 3.63) is 124 Å². The first-order valence-corrected chi connectivity index (χ1v) is 12.3. The van der Waals surface area contributed by atoms with Crippen LogP contribution in [-0.2, 0) is 17.8 Å². The molecule has 0 aliphatic heterocycles. The Bertz CT molecular complexity index is 1090. The summed E-state index contributed by atoms with van der Waals surface area (Å²) >= 11 is 0. The number of nitro benzene ring substituents is 1. The van der Waals surface area contributed by atoms with Crippen molar-refractivity contribution in [2.24, 2.45) is 5.92 Å². The Morgan fingerprint density at radius 2 is 1.42 bits per heavy atom. The lowest BCUT2D eigenvalue weighted by Crippen LogP contribution is -2.31. The molecule has 0 unspecified atom stereocenters. The fourth-order valence-corrected chi connectivity index (χ4v) is 3.89. The van der Waals surface area contributed by atoms with Gasteiger partial charge in [-0.05, 0) is 36.1 Å². The molecule has 0 bridgehead atoms. The first kappa shape index (κ1) is 26.8. The Balaban J connectivity index is 1.65. The molecule has 0 saturated heterocycles. The monoisotopic (exact) mass is 486 g/mol. The van der Waals surface area contributed by atoms with Crippen molar-refractivity contribution in [3.63, 3.8) is 0 Å². The van der Waals surface area contributed by atoms with Crippen LogP contribution in [0.1, 0.15) is 48.7 Å². The highest BCUT2D eigenvalue weighted by molar-refractivity contribution is 5.89. The molecular formula is C30H34N2O4. The first-order valence-electron chi connectivity index (χ1n) is 12.3. The summed E-state index contributed by atoms with van der Waals surface area (Å²) in [4.78, 5) is 25.4. The summed E-state index contributed by atoms with van der Waals surface area (Å²) < 4.78 is 5.76. The van der Waals surface area contributed by atoms with E-state index in [0.29, 0.717) is 12.0 Å². The normalized spacial score (nSPS) is 13.1. The van der Waals surface area contributed by atoms with Crippen molar-refractivity contribution in [1.82, 2.24) is 4.90 Å². The Kier molecular flexibility index (Phi) is 9.95. The van der Waals surface area contributed by atoms with Crippen LogP contribution in [0.3, 0.4) is 0 Å². The van der Waals surface area contributed by atoms with Gasteiger partial charge in [0, 0.05) is 37.7 Å². The molecule has 6 heteroatoms. The molecule has 0 heterocycles. The number of ether oxygens (including phenoxy) is 1. The largest absolute Gasteiger partial charge is 0.458 e. The van der Waals surface area contributed by atoms with Crippen molar-refractivity contribution in [1.29, 1.82) is 0 Å². The molecule has 0 aromatic heterocycles. The molecule has 6 nitrogen and oxygen atoms in total. The summed E-state index contributed by atoms with van der Waals surface area (Å²) in [6.07, 6.45) is 4.54.